The monoisotopic (exact) mass is 447 g/mol. The molecule has 1 heterocycles. The fraction of sp³-hybridized carbons (Fsp3) is 0.636. The van der Waals surface area contributed by atoms with Gasteiger partial charge in [0, 0.05) is 19.0 Å². The molecule has 1 aromatic rings. The summed E-state index contributed by atoms with van der Waals surface area (Å²) in [5.74, 6) is 0.479. The van der Waals surface area contributed by atoms with Gasteiger partial charge in [-0.25, -0.2) is 18.5 Å². The molecule has 0 bridgehead atoms. The Hall–Kier alpha value is -0.460. The van der Waals surface area contributed by atoms with Gasteiger partial charge in [0.05, 0.1) is 29.5 Å². The predicted molar refractivity (Wildman–Crippen MR) is 97.7 cm³/mol. The molecule has 0 radical (unpaired) electrons. The van der Waals surface area contributed by atoms with Crippen molar-refractivity contribution in [2.75, 3.05) is 25.9 Å². The zero-order valence-electron chi connectivity index (χ0n) is 12.4. The second kappa shape index (κ2) is 9.54. The molecule has 7 nitrogen and oxygen atoms in total. The Bertz CT molecular complexity index is 559. The van der Waals surface area contributed by atoms with Gasteiger partial charge in [-0.2, -0.15) is 0 Å². The van der Waals surface area contributed by atoms with Gasteiger partial charge in [-0.3, -0.25) is 4.99 Å². The van der Waals surface area contributed by atoms with Crippen molar-refractivity contribution in [1.29, 1.82) is 0 Å². The number of guanidine groups is 1. The summed E-state index contributed by atoms with van der Waals surface area (Å²) in [7, 11) is -1.60. The summed E-state index contributed by atoms with van der Waals surface area (Å²) in [5, 5.41) is 11.1. The van der Waals surface area contributed by atoms with Crippen molar-refractivity contribution < 1.29 is 8.42 Å². The number of thiazole rings is 1. The van der Waals surface area contributed by atoms with Crippen molar-refractivity contribution >= 4 is 51.3 Å². The molecule has 122 valence electrons. The molecule has 1 rings (SSSR count). The van der Waals surface area contributed by atoms with E-state index in [0.717, 1.165) is 10.7 Å². The molecular weight excluding hydrogens is 425 g/mol. The maximum Gasteiger partial charge on any atom is 0.210 e. The molecule has 1 aromatic heterocycles. The zero-order chi connectivity index (χ0) is 15.2. The third kappa shape index (κ3) is 8.53. The van der Waals surface area contributed by atoms with E-state index in [4.69, 9.17) is 5.14 Å². The first-order valence-electron chi connectivity index (χ1n) is 6.22. The molecule has 0 saturated carbocycles. The van der Waals surface area contributed by atoms with Crippen LogP contribution in [-0.2, 0) is 16.6 Å². The van der Waals surface area contributed by atoms with Crippen LogP contribution >= 0.6 is 35.3 Å². The summed E-state index contributed by atoms with van der Waals surface area (Å²) in [5.41, 5.74) is 0.965. The van der Waals surface area contributed by atoms with Crippen LogP contribution in [0, 0.1) is 6.92 Å². The molecule has 0 amide bonds. The lowest BCUT2D eigenvalue weighted by Crippen LogP contribution is -2.39. The molecular formula is C11H22IN5O2S2. The highest BCUT2D eigenvalue weighted by Crippen LogP contribution is 2.09. The van der Waals surface area contributed by atoms with E-state index in [1.807, 2.05) is 31.2 Å². The minimum absolute atomic E-state index is 0. The van der Waals surface area contributed by atoms with Crippen LogP contribution in [0.1, 0.15) is 17.6 Å². The first kappa shape index (κ1) is 20.5. The van der Waals surface area contributed by atoms with Crippen LogP contribution in [0.5, 0.6) is 0 Å². The van der Waals surface area contributed by atoms with E-state index in [9.17, 15) is 8.42 Å². The lowest BCUT2D eigenvalue weighted by Gasteiger charge is -2.21. The summed E-state index contributed by atoms with van der Waals surface area (Å²) in [6.07, 6.45) is 0. The van der Waals surface area contributed by atoms with Gasteiger partial charge < -0.3 is 10.2 Å². The maximum absolute atomic E-state index is 10.9. The lowest BCUT2D eigenvalue weighted by atomic mass is 10.4. The number of halogens is 1. The largest absolute Gasteiger partial charge is 0.357 e. The van der Waals surface area contributed by atoms with Crippen LogP contribution in [0.15, 0.2) is 10.4 Å². The van der Waals surface area contributed by atoms with Crippen LogP contribution < -0.4 is 10.5 Å². The van der Waals surface area contributed by atoms with Crippen molar-refractivity contribution in [2.45, 2.75) is 20.4 Å². The number of aliphatic imine (C=N–C) groups is 1. The van der Waals surface area contributed by atoms with E-state index in [0.29, 0.717) is 19.0 Å². The summed E-state index contributed by atoms with van der Waals surface area (Å²) in [6.45, 7) is 5.37. The minimum atomic E-state index is -3.48. The lowest BCUT2D eigenvalue weighted by molar-refractivity contribution is 0.471. The van der Waals surface area contributed by atoms with Crippen LogP contribution in [0.25, 0.3) is 0 Å². The Morgan fingerprint density at radius 1 is 1.57 bits per heavy atom. The zero-order valence-corrected chi connectivity index (χ0v) is 16.3. The number of aromatic nitrogens is 1. The summed E-state index contributed by atoms with van der Waals surface area (Å²) >= 11 is 1.60. The smallest absolute Gasteiger partial charge is 0.210 e. The molecule has 0 aliphatic rings. The SMILES string of the molecule is CCNC(=NCCS(N)(=O)=O)N(C)Cc1csc(C)n1.I. The molecule has 0 aliphatic carbocycles. The highest BCUT2D eigenvalue weighted by molar-refractivity contribution is 14.0. The van der Waals surface area contributed by atoms with Gasteiger partial charge in [0.1, 0.15) is 0 Å². The predicted octanol–water partition coefficient (Wildman–Crippen LogP) is 0.755. The van der Waals surface area contributed by atoms with Gasteiger partial charge in [-0.1, -0.05) is 0 Å². The first-order valence-corrected chi connectivity index (χ1v) is 8.82. The Balaban J connectivity index is 0.00000400. The van der Waals surface area contributed by atoms with Crippen molar-refractivity contribution in [3.63, 3.8) is 0 Å². The fourth-order valence-electron chi connectivity index (χ4n) is 1.55. The molecule has 0 spiro atoms. The second-order valence-corrected chi connectivity index (χ2v) is 7.11. The van der Waals surface area contributed by atoms with E-state index in [2.05, 4.69) is 15.3 Å². The van der Waals surface area contributed by atoms with E-state index >= 15 is 0 Å². The maximum atomic E-state index is 10.9. The van der Waals surface area contributed by atoms with Gasteiger partial charge in [0.25, 0.3) is 0 Å². The summed E-state index contributed by atoms with van der Waals surface area (Å²) < 4.78 is 21.8. The molecule has 0 atom stereocenters. The minimum Gasteiger partial charge on any atom is -0.357 e. The number of rotatable bonds is 6. The average molecular weight is 447 g/mol. The normalized spacial score (nSPS) is 11.9. The van der Waals surface area contributed by atoms with E-state index in [-0.39, 0.29) is 36.3 Å². The first-order chi connectivity index (χ1) is 9.31. The molecule has 0 fully saturated rings. The van der Waals surface area contributed by atoms with E-state index in [1.54, 1.807) is 11.3 Å². The Morgan fingerprint density at radius 2 is 2.24 bits per heavy atom. The topological polar surface area (TPSA) is 101 Å². The quantitative estimate of drug-likeness (QED) is 0.381. The average Bonchev–Trinajstić information content (AvgIpc) is 2.72. The third-order valence-electron chi connectivity index (χ3n) is 2.40. The van der Waals surface area contributed by atoms with Crippen LogP contribution in [0.4, 0.5) is 0 Å². The van der Waals surface area contributed by atoms with Crippen LogP contribution in [0.2, 0.25) is 0 Å². The van der Waals surface area contributed by atoms with Crippen molar-refractivity contribution in [3.05, 3.63) is 16.1 Å². The number of hydrogen-bond acceptors (Lipinski definition) is 5. The van der Waals surface area contributed by atoms with Gasteiger partial charge in [0.2, 0.25) is 10.0 Å². The van der Waals surface area contributed by atoms with Gasteiger partial charge in [-0.05, 0) is 13.8 Å². The Kier molecular flexibility index (Phi) is 9.33. The van der Waals surface area contributed by atoms with Gasteiger partial charge in [-0.15, -0.1) is 35.3 Å². The summed E-state index contributed by atoms with van der Waals surface area (Å²) in [4.78, 5) is 10.5. The third-order valence-corrected chi connectivity index (χ3v) is 3.97. The number of nitrogens with one attached hydrogen (secondary N) is 1. The Morgan fingerprint density at radius 3 is 2.71 bits per heavy atom. The fourth-order valence-corrected chi connectivity index (χ4v) is 2.50. The number of nitrogens with two attached hydrogens (primary N) is 1. The molecule has 0 aromatic carbocycles. The number of nitrogens with zero attached hydrogens (tertiary/aromatic N) is 3. The van der Waals surface area contributed by atoms with Gasteiger partial charge >= 0.3 is 0 Å². The van der Waals surface area contributed by atoms with Gasteiger partial charge in [0.15, 0.2) is 5.96 Å². The molecule has 21 heavy (non-hydrogen) atoms. The number of sulfonamides is 1. The van der Waals surface area contributed by atoms with Crippen LogP contribution in [0.3, 0.4) is 0 Å². The highest BCUT2D eigenvalue weighted by Gasteiger charge is 2.09. The van der Waals surface area contributed by atoms with Crippen molar-refractivity contribution in [2.24, 2.45) is 10.1 Å². The highest BCUT2D eigenvalue weighted by atomic mass is 127. The number of aryl methyl sites for hydroxylation is 1. The summed E-state index contributed by atoms with van der Waals surface area (Å²) in [6, 6.07) is 0. The van der Waals surface area contributed by atoms with Crippen LogP contribution in [-0.4, -0.2) is 50.2 Å². The second-order valence-electron chi connectivity index (χ2n) is 4.32. The molecule has 0 unspecified atom stereocenters. The molecule has 10 heteroatoms. The molecule has 0 aliphatic heterocycles. The standard InChI is InChI=1S/C11H21N5O2S2.HI/c1-4-13-11(14-5-6-20(12,17)18)16(3)7-10-8-19-9(2)15-10;/h8H,4-7H2,1-3H3,(H,13,14)(H2,12,17,18);1H. The molecule has 0 saturated heterocycles. The number of hydrogen-bond donors (Lipinski definition) is 2. The van der Waals surface area contributed by atoms with Crippen molar-refractivity contribution in [1.82, 2.24) is 15.2 Å². The number of primary sulfonamides is 1. The Labute approximate surface area is 147 Å². The van der Waals surface area contributed by atoms with E-state index in [1.165, 1.54) is 0 Å². The van der Waals surface area contributed by atoms with Crippen molar-refractivity contribution in [3.8, 4) is 0 Å². The van der Waals surface area contributed by atoms with E-state index < -0.39 is 10.0 Å². The molecule has 3 N–H and O–H groups in total.